The Morgan fingerprint density at radius 1 is 0.940 bits per heavy atom. The van der Waals surface area contributed by atoms with E-state index in [9.17, 15) is 9.59 Å². The molecule has 270 valence electrons. The van der Waals surface area contributed by atoms with Gasteiger partial charge in [0.05, 0.1) is 19.2 Å². The van der Waals surface area contributed by atoms with Crippen molar-refractivity contribution in [3.05, 3.63) is 77.9 Å². The lowest BCUT2D eigenvalue weighted by Crippen LogP contribution is -2.52. The number of fused-ring (bicyclic) bond motifs is 2. The zero-order valence-electron chi connectivity index (χ0n) is 31.3. The number of carbonyl (C=O) groups is 2. The van der Waals surface area contributed by atoms with Gasteiger partial charge in [-0.1, -0.05) is 51.1 Å². The van der Waals surface area contributed by atoms with Crippen LogP contribution in [0.15, 0.2) is 66.7 Å². The fourth-order valence-corrected chi connectivity index (χ4v) is 7.07. The predicted molar refractivity (Wildman–Crippen MR) is 197 cm³/mol. The van der Waals surface area contributed by atoms with Crippen molar-refractivity contribution in [2.45, 2.75) is 110 Å². The van der Waals surface area contributed by atoms with Gasteiger partial charge in [0.1, 0.15) is 41.1 Å². The van der Waals surface area contributed by atoms with E-state index in [0.29, 0.717) is 31.0 Å². The molecule has 2 atom stereocenters. The number of rotatable bonds is 10. The fourth-order valence-electron chi connectivity index (χ4n) is 5.74. The number of benzene rings is 3. The molecule has 2 aliphatic heterocycles. The average molecular weight is 704 g/mol. The maximum atomic E-state index is 13.7. The van der Waals surface area contributed by atoms with Gasteiger partial charge in [0, 0.05) is 13.8 Å². The largest absolute Gasteiger partial charge is 0.491 e. The van der Waals surface area contributed by atoms with Gasteiger partial charge in [-0.25, -0.2) is 9.59 Å². The highest BCUT2D eigenvalue weighted by molar-refractivity contribution is 6.74. The molecule has 10 heteroatoms. The molecule has 2 heterocycles. The van der Waals surface area contributed by atoms with E-state index in [1.165, 1.54) is 0 Å². The summed E-state index contributed by atoms with van der Waals surface area (Å²) in [6.07, 6.45) is 0.465. The molecule has 9 nitrogen and oxygen atoms in total. The first-order chi connectivity index (χ1) is 23.3. The van der Waals surface area contributed by atoms with Crippen LogP contribution in [0.5, 0.6) is 17.2 Å². The van der Waals surface area contributed by atoms with Gasteiger partial charge in [0.15, 0.2) is 8.32 Å². The van der Waals surface area contributed by atoms with Gasteiger partial charge in [-0.05, 0) is 105 Å². The van der Waals surface area contributed by atoms with Crippen LogP contribution in [-0.2, 0) is 20.3 Å². The van der Waals surface area contributed by atoms with Crippen molar-refractivity contribution in [3.8, 4) is 28.4 Å². The zero-order valence-corrected chi connectivity index (χ0v) is 32.3. The van der Waals surface area contributed by atoms with Gasteiger partial charge in [0.25, 0.3) is 0 Å². The van der Waals surface area contributed by atoms with E-state index < -0.39 is 31.8 Å². The lowest BCUT2D eigenvalue weighted by Gasteiger charge is -2.41. The van der Waals surface area contributed by atoms with Crippen LogP contribution in [0.2, 0.25) is 18.1 Å². The summed E-state index contributed by atoms with van der Waals surface area (Å²) in [6.45, 7) is 21.0. The summed E-state index contributed by atoms with van der Waals surface area (Å²) in [5.74, 6) is 0.621. The van der Waals surface area contributed by atoms with E-state index >= 15 is 0 Å². The second kappa shape index (κ2) is 14.3. The number of amides is 1. The number of carbonyl (C=O) groups excluding carboxylic acids is 2. The van der Waals surface area contributed by atoms with E-state index in [4.69, 9.17) is 28.1 Å². The molecular formula is C40H53NO8Si. The third-order valence-electron chi connectivity index (χ3n) is 9.27. The number of hydrogen-bond donors (Lipinski definition) is 0. The zero-order chi connectivity index (χ0) is 36.5. The van der Waals surface area contributed by atoms with Crippen LogP contribution >= 0.6 is 0 Å². The molecule has 0 radical (unpaired) electrons. The Morgan fingerprint density at radius 2 is 1.62 bits per heavy atom. The summed E-state index contributed by atoms with van der Waals surface area (Å²) >= 11 is 0. The first kappa shape index (κ1) is 37.2. The molecule has 0 bridgehead atoms. The Morgan fingerprint density at radius 3 is 2.30 bits per heavy atom. The normalized spacial score (nSPS) is 17.6. The van der Waals surface area contributed by atoms with Gasteiger partial charge in [-0.3, -0.25) is 0 Å². The highest BCUT2D eigenvalue weighted by Crippen LogP contribution is 2.39. The van der Waals surface area contributed by atoms with Gasteiger partial charge in [-0.15, -0.1) is 0 Å². The first-order valence-electron chi connectivity index (χ1n) is 17.5. The first-order valence-corrected chi connectivity index (χ1v) is 20.4. The third kappa shape index (κ3) is 9.40. The Hall–Kier alpha value is -4.02. The number of hydrogen-bond acceptors (Lipinski definition) is 8. The van der Waals surface area contributed by atoms with Crippen molar-refractivity contribution in [1.82, 2.24) is 4.90 Å². The Bertz CT molecular complexity index is 1670. The fraction of sp³-hybridized carbons (Fsp3) is 0.500. The standard InChI is InChI=1S/C40H53NO8Si/c1-38(2,3)48-37(43)41(25-32(49-50(9,10)39(4,5)6)26-44-30-14-12-11-13-15-30)24-31-19-16-29-22-27(18-21-34(29)45-31)28-17-20-33-35(23-28)46-40(7,8)47-36(33)42/h11-15,17-18,20-23,31-32H,16,19,24-26H2,1-10H3/t31-,32+/m1/s1. The highest BCUT2D eigenvalue weighted by Gasteiger charge is 2.41. The number of cyclic esters (lactones) is 1. The van der Waals surface area contributed by atoms with E-state index in [-0.39, 0.29) is 17.2 Å². The molecule has 0 saturated carbocycles. The molecule has 0 fully saturated rings. The molecule has 0 aliphatic carbocycles. The minimum atomic E-state index is -2.23. The highest BCUT2D eigenvalue weighted by atomic mass is 28.4. The molecule has 2 aliphatic rings. The number of para-hydroxylation sites is 1. The summed E-state index contributed by atoms with van der Waals surface area (Å²) in [5, 5.41) is -0.0294. The summed E-state index contributed by atoms with van der Waals surface area (Å²) in [7, 11) is -2.23. The molecule has 0 saturated heterocycles. The lowest BCUT2D eigenvalue weighted by molar-refractivity contribution is -0.127. The number of ether oxygens (including phenoxy) is 5. The second-order valence-corrected chi connectivity index (χ2v) is 21.0. The van der Waals surface area contributed by atoms with Crippen molar-refractivity contribution < 1.29 is 37.7 Å². The molecule has 3 aromatic carbocycles. The van der Waals surface area contributed by atoms with Crippen LogP contribution in [0, 0.1) is 0 Å². The van der Waals surface area contributed by atoms with Crippen LogP contribution < -0.4 is 14.2 Å². The third-order valence-corrected chi connectivity index (χ3v) is 13.8. The SMILES string of the molecule is CC(C)(C)OC(=O)N(C[C@H]1CCc2cc(-c3ccc4c(c3)OC(C)(C)OC4=O)ccc2O1)C[C@@H](COc1ccccc1)O[Si](C)(C)C(C)(C)C. The molecule has 0 N–H and O–H groups in total. The quantitative estimate of drug-likeness (QED) is 0.153. The van der Waals surface area contributed by atoms with Crippen molar-refractivity contribution in [3.63, 3.8) is 0 Å². The Balaban J connectivity index is 1.34. The number of nitrogens with zero attached hydrogens (tertiary/aromatic N) is 1. The Kier molecular flexibility index (Phi) is 10.7. The van der Waals surface area contributed by atoms with E-state index in [1.54, 1.807) is 24.8 Å². The van der Waals surface area contributed by atoms with Crippen LogP contribution in [-0.4, -0.2) is 68.6 Å². The van der Waals surface area contributed by atoms with Crippen molar-refractivity contribution >= 4 is 20.4 Å². The number of esters is 1. The smallest absolute Gasteiger partial charge is 0.410 e. The van der Waals surface area contributed by atoms with E-state index in [2.05, 4.69) is 39.9 Å². The average Bonchev–Trinajstić information content (AvgIpc) is 3.01. The summed E-state index contributed by atoms with van der Waals surface area (Å²) < 4.78 is 36.8. The van der Waals surface area contributed by atoms with Gasteiger partial charge in [0.2, 0.25) is 5.79 Å². The van der Waals surface area contributed by atoms with Crippen LogP contribution in [0.1, 0.15) is 77.7 Å². The van der Waals surface area contributed by atoms with E-state index in [0.717, 1.165) is 41.0 Å². The molecule has 0 aromatic heterocycles. The topological polar surface area (TPSA) is 92.8 Å². The minimum Gasteiger partial charge on any atom is -0.491 e. The molecule has 3 aromatic rings. The van der Waals surface area contributed by atoms with Crippen LogP contribution in [0.25, 0.3) is 11.1 Å². The summed E-state index contributed by atoms with van der Waals surface area (Å²) in [4.78, 5) is 27.9. The minimum absolute atomic E-state index is 0.0294. The van der Waals surface area contributed by atoms with E-state index in [1.807, 2.05) is 75.4 Å². The molecule has 0 unspecified atom stereocenters. The van der Waals surface area contributed by atoms with Gasteiger partial charge >= 0.3 is 12.1 Å². The maximum Gasteiger partial charge on any atom is 0.410 e. The van der Waals surface area contributed by atoms with Gasteiger partial charge in [-0.2, -0.15) is 0 Å². The molecular weight excluding hydrogens is 651 g/mol. The monoisotopic (exact) mass is 703 g/mol. The van der Waals surface area contributed by atoms with Crippen molar-refractivity contribution in [2.75, 3.05) is 19.7 Å². The maximum absolute atomic E-state index is 13.7. The molecule has 5 rings (SSSR count). The van der Waals surface area contributed by atoms with Crippen molar-refractivity contribution in [1.29, 1.82) is 0 Å². The van der Waals surface area contributed by atoms with Gasteiger partial charge < -0.3 is 33.0 Å². The van der Waals surface area contributed by atoms with Crippen LogP contribution in [0.4, 0.5) is 4.79 Å². The summed E-state index contributed by atoms with van der Waals surface area (Å²) in [5.41, 5.74) is 2.75. The summed E-state index contributed by atoms with van der Waals surface area (Å²) in [6, 6.07) is 21.3. The Labute approximate surface area is 298 Å². The molecule has 1 amide bonds. The van der Waals surface area contributed by atoms with Crippen LogP contribution in [0.3, 0.4) is 0 Å². The molecule has 0 spiro atoms. The van der Waals surface area contributed by atoms with Crippen molar-refractivity contribution in [2.24, 2.45) is 0 Å². The molecule has 50 heavy (non-hydrogen) atoms. The predicted octanol–water partition coefficient (Wildman–Crippen LogP) is 9.04. The lowest BCUT2D eigenvalue weighted by atomic mass is 9.96. The second-order valence-electron chi connectivity index (χ2n) is 16.2. The number of aryl methyl sites for hydroxylation is 1.